The predicted molar refractivity (Wildman–Crippen MR) is 64.9 cm³/mol. The van der Waals surface area contributed by atoms with Crippen molar-refractivity contribution in [3.63, 3.8) is 0 Å². The van der Waals surface area contributed by atoms with Crippen LogP contribution in [0.4, 0.5) is 0 Å². The van der Waals surface area contributed by atoms with Gasteiger partial charge in [-0.05, 0) is 37.1 Å². The van der Waals surface area contributed by atoms with Gasteiger partial charge in [-0.25, -0.2) is 0 Å². The summed E-state index contributed by atoms with van der Waals surface area (Å²) in [4.78, 5) is 10.8. The van der Waals surface area contributed by atoms with Crippen LogP contribution in [-0.4, -0.2) is 12.5 Å². The molecule has 0 atom stereocenters. The van der Waals surface area contributed by atoms with Gasteiger partial charge < -0.3 is 10.1 Å². The zero-order valence-electron chi connectivity index (χ0n) is 9.76. The Labute approximate surface area is 101 Å². The Morgan fingerprint density at radius 1 is 1.50 bits per heavy atom. The molecule has 3 nitrogen and oxygen atoms in total. The fourth-order valence-electron chi connectivity index (χ4n) is 1.37. The van der Waals surface area contributed by atoms with E-state index in [0.717, 1.165) is 11.1 Å². The molecule has 1 N–H and O–H groups in total. The Morgan fingerprint density at radius 2 is 2.19 bits per heavy atom. The topological polar surface area (TPSA) is 38.3 Å². The van der Waals surface area contributed by atoms with Gasteiger partial charge in [0.2, 0.25) is 5.91 Å². The van der Waals surface area contributed by atoms with E-state index in [-0.39, 0.29) is 5.91 Å². The quantitative estimate of drug-likeness (QED) is 0.880. The van der Waals surface area contributed by atoms with E-state index in [9.17, 15) is 4.79 Å². The van der Waals surface area contributed by atoms with Gasteiger partial charge in [0.05, 0.1) is 11.6 Å². The van der Waals surface area contributed by atoms with Crippen molar-refractivity contribution in [2.45, 2.75) is 27.3 Å². The minimum absolute atomic E-state index is 0.0515. The molecule has 0 saturated carbocycles. The molecule has 1 amide bonds. The lowest BCUT2D eigenvalue weighted by molar-refractivity contribution is -0.119. The van der Waals surface area contributed by atoms with Crippen LogP contribution < -0.4 is 10.1 Å². The molecule has 4 heteroatoms. The lowest BCUT2D eigenvalue weighted by Gasteiger charge is -2.11. The number of amides is 1. The molecular formula is C12H16ClNO2. The first kappa shape index (κ1) is 12.8. The third-order valence-electron chi connectivity index (χ3n) is 2.22. The monoisotopic (exact) mass is 241 g/mol. The molecule has 1 aromatic rings. The van der Waals surface area contributed by atoms with Gasteiger partial charge in [0, 0.05) is 13.5 Å². The van der Waals surface area contributed by atoms with Crippen LogP contribution >= 0.6 is 11.6 Å². The summed E-state index contributed by atoms with van der Waals surface area (Å²) in [5.74, 6) is 0.637. The Bertz CT molecular complexity index is 391. The SMILES string of the molecule is CCOc1cc(C)c(CNC(C)=O)cc1Cl. The van der Waals surface area contributed by atoms with Crippen LogP contribution in [0.5, 0.6) is 5.75 Å². The summed E-state index contributed by atoms with van der Waals surface area (Å²) >= 11 is 6.06. The third kappa shape index (κ3) is 3.42. The van der Waals surface area contributed by atoms with E-state index >= 15 is 0 Å². The molecule has 0 unspecified atom stereocenters. The Kier molecular flexibility index (Phi) is 4.62. The Balaban J connectivity index is 2.87. The second-order valence-electron chi connectivity index (χ2n) is 3.55. The van der Waals surface area contributed by atoms with Crippen molar-refractivity contribution in [3.05, 3.63) is 28.3 Å². The first-order chi connectivity index (χ1) is 7.54. The van der Waals surface area contributed by atoms with E-state index in [2.05, 4.69) is 5.32 Å². The average molecular weight is 242 g/mol. The van der Waals surface area contributed by atoms with Gasteiger partial charge in [0.15, 0.2) is 0 Å². The predicted octanol–water partition coefficient (Wildman–Crippen LogP) is 2.68. The first-order valence-electron chi connectivity index (χ1n) is 5.20. The molecule has 1 rings (SSSR count). The molecule has 16 heavy (non-hydrogen) atoms. The molecule has 0 aliphatic rings. The van der Waals surface area contributed by atoms with Crippen molar-refractivity contribution in [3.8, 4) is 5.75 Å². The number of halogens is 1. The minimum Gasteiger partial charge on any atom is -0.492 e. The number of hydrogen-bond acceptors (Lipinski definition) is 2. The number of carbonyl (C=O) groups excluding carboxylic acids is 1. The molecule has 0 fully saturated rings. The summed E-state index contributed by atoms with van der Waals surface area (Å²) in [6, 6.07) is 3.72. The highest BCUT2D eigenvalue weighted by Gasteiger charge is 2.06. The molecule has 0 aliphatic carbocycles. The second kappa shape index (κ2) is 5.75. The number of rotatable bonds is 4. The summed E-state index contributed by atoms with van der Waals surface area (Å²) in [5.41, 5.74) is 2.06. The van der Waals surface area contributed by atoms with Gasteiger partial charge in [0.25, 0.3) is 0 Å². The zero-order chi connectivity index (χ0) is 12.1. The maximum absolute atomic E-state index is 10.8. The Morgan fingerprint density at radius 3 is 2.75 bits per heavy atom. The molecule has 0 aromatic heterocycles. The van der Waals surface area contributed by atoms with Gasteiger partial charge in [-0.15, -0.1) is 0 Å². The van der Waals surface area contributed by atoms with Crippen LogP contribution in [0.2, 0.25) is 5.02 Å². The largest absolute Gasteiger partial charge is 0.492 e. The van der Waals surface area contributed by atoms with E-state index < -0.39 is 0 Å². The molecule has 0 saturated heterocycles. The molecule has 0 spiro atoms. The minimum atomic E-state index is -0.0515. The lowest BCUT2D eigenvalue weighted by atomic mass is 10.1. The maximum atomic E-state index is 10.8. The third-order valence-corrected chi connectivity index (χ3v) is 2.51. The number of nitrogens with one attached hydrogen (secondary N) is 1. The average Bonchev–Trinajstić information content (AvgIpc) is 2.21. The van der Waals surface area contributed by atoms with Crippen LogP contribution in [0.3, 0.4) is 0 Å². The molecule has 0 bridgehead atoms. The van der Waals surface area contributed by atoms with Crippen molar-refractivity contribution < 1.29 is 9.53 Å². The lowest BCUT2D eigenvalue weighted by Crippen LogP contribution is -2.19. The molecule has 88 valence electrons. The van der Waals surface area contributed by atoms with Crippen LogP contribution in [0.15, 0.2) is 12.1 Å². The fourth-order valence-corrected chi connectivity index (χ4v) is 1.61. The smallest absolute Gasteiger partial charge is 0.217 e. The van der Waals surface area contributed by atoms with Crippen molar-refractivity contribution in [1.29, 1.82) is 0 Å². The van der Waals surface area contributed by atoms with Crippen LogP contribution in [0.25, 0.3) is 0 Å². The van der Waals surface area contributed by atoms with Gasteiger partial charge >= 0.3 is 0 Å². The normalized spacial score (nSPS) is 10.0. The summed E-state index contributed by atoms with van der Waals surface area (Å²) in [5, 5.41) is 3.32. The van der Waals surface area contributed by atoms with Crippen molar-refractivity contribution in [1.82, 2.24) is 5.32 Å². The highest BCUT2D eigenvalue weighted by Crippen LogP contribution is 2.28. The molecule has 1 aromatic carbocycles. The van der Waals surface area contributed by atoms with Crippen LogP contribution in [0, 0.1) is 6.92 Å². The maximum Gasteiger partial charge on any atom is 0.217 e. The number of hydrogen-bond donors (Lipinski definition) is 1. The van der Waals surface area contributed by atoms with Gasteiger partial charge in [-0.2, -0.15) is 0 Å². The molecule has 0 radical (unpaired) electrons. The molecular weight excluding hydrogens is 226 g/mol. The van der Waals surface area contributed by atoms with Crippen molar-refractivity contribution in [2.75, 3.05) is 6.61 Å². The summed E-state index contributed by atoms with van der Waals surface area (Å²) in [6.45, 7) is 6.45. The van der Waals surface area contributed by atoms with Crippen LogP contribution in [-0.2, 0) is 11.3 Å². The fraction of sp³-hybridized carbons (Fsp3) is 0.417. The first-order valence-corrected chi connectivity index (χ1v) is 5.58. The highest BCUT2D eigenvalue weighted by atomic mass is 35.5. The van der Waals surface area contributed by atoms with Crippen LogP contribution in [0.1, 0.15) is 25.0 Å². The van der Waals surface area contributed by atoms with E-state index in [4.69, 9.17) is 16.3 Å². The molecule has 0 aliphatic heterocycles. The second-order valence-corrected chi connectivity index (χ2v) is 3.96. The van der Waals surface area contributed by atoms with Crippen molar-refractivity contribution in [2.24, 2.45) is 0 Å². The van der Waals surface area contributed by atoms with Crippen molar-refractivity contribution >= 4 is 17.5 Å². The number of benzene rings is 1. The Hall–Kier alpha value is -1.22. The van der Waals surface area contributed by atoms with E-state index in [1.54, 1.807) is 0 Å². The van der Waals surface area contributed by atoms with E-state index in [1.165, 1.54) is 6.92 Å². The number of ether oxygens (including phenoxy) is 1. The summed E-state index contributed by atoms with van der Waals surface area (Å²) < 4.78 is 5.38. The number of carbonyl (C=O) groups is 1. The zero-order valence-corrected chi connectivity index (χ0v) is 10.5. The summed E-state index contributed by atoms with van der Waals surface area (Å²) in [6.07, 6.45) is 0. The van der Waals surface area contributed by atoms with Gasteiger partial charge in [-0.3, -0.25) is 4.79 Å². The van der Waals surface area contributed by atoms with E-state index in [0.29, 0.717) is 23.9 Å². The standard InChI is InChI=1S/C12H16ClNO2/c1-4-16-12-5-8(2)10(6-11(12)13)7-14-9(3)15/h5-6H,4,7H2,1-3H3,(H,14,15). The molecule has 0 heterocycles. The summed E-state index contributed by atoms with van der Waals surface area (Å²) in [7, 11) is 0. The van der Waals surface area contributed by atoms with Gasteiger partial charge in [-0.1, -0.05) is 11.6 Å². The highest BCUT2D eigenvalue weighted by molar-refractivity contribution is 6.32. The number of aryl methyl sites for hydroxylation is 1. The van der Waals surface area contributed by atoms with Gasteiger partial charge in [0.1, 0.15) is 5.75 Å². The van der Waals surface area contributed by atoms with E-state index in [1.807, 2.05) is 26.0 Å².